The number of pyridine rings is 1. The molecule has 2 atom stereocenters. The van der Waals surface area contributed by atoms with Crippen LogP contribution in [0.4, 0.5) is 0 Å². The van der Waals surface area contributed by atoms with Crippen molar-refractivity contribution in [1.82, 2.24) is 4.98 Å². The zero-order valence-electron chi connectivity index (χ0n) is 12.3. The van der Waals surface area contributed by atoms with E-state index in [0.29, 0.717) is 10.5 Å². The number of thioether (sulfide) groups is 1. The van der Waals surface area contributed by atoms with Gasteiger partial charge in [0.1, 0.15) is 0 Å². The van der Waals surface area contributed by atoms with E-state index in [-0.39, 0.29) is 0 Å². The van der Waals surface area contributed by atoms with Crippen LogP contribution in [0.5, 0.6) is 0 Å². The highest BCUT2D eigenvalue weighted by molar-refractivity contribution is 8.00. The number of hydrogen-bond donors (Lipinski definition) is 0. The number of rotatable bonds is 8. The Hall–Kier alpha value is -0.403. The van der Waals surface area contributed by atoms with Gasteiger partial charge in [0.2, 0.25) is 0 Å². The molecule has 1 rings (SSSR count). The molecule has 1 aromatic rings. The lowest BCUT2D eigenvalue weighted by molar-refractivity contribution is 0.124. The first-order valence-electron chi connectivity index (χ1n) is 6.27. The number of hydrogen-bond acceptors (Lipinski definition) is 5. The van der Waals surface area contributed by atoms with Crippen LogP contribution in [0.1, 0.15) is 24.7 Å². The zero-order chi connectivity index (χ0) is 14.3. The minimum Gasteiger partial charge on any atom is -0.377 e. The van der Waals surface area contributed by atoms with Gasteiger partial charge in [0.05, 0.1) is 0 Å². The Morgan fingerprint density at radius 3 is 2.11 bits per heavy atom. The van der Waals surface area contributed by atoms with Crippen molar-refractivity contribution in [3.05, 3.63) is 30.1 Å². The van der Waals surface area contributed by atoms with Crippen molar-refractivity contribution in [2.45, 2.75) is 30.4 Å². The first-order chi connectivity index (χ1) is 9.06. The van der Waals surface area contributed by atoms with Gasteiger partial charge in [-0.25, -0.2) is 0 Å². The molecule has 0 fully saturated rings. The average Bonchev–Trinajstić information content (AvgIpc) is 2.46. The largest absolute Gasteiger partial charge is 0.501 e. The predicted molar refractivity (Wildman–Crippen MR) is 81.3 cm³/mol. The second kappa shape index (κ2) is 8.01. The Morgan fingerprint density at radius 1 is 1.11 bits per heavy atom. The highest BCUT2D eigenvalue weighted by Crippen LogP contribution is 2.35. The second-order valence-electron chi connectivity index (χ2n) is 4.37. The molecule has 1 aromatic heterocycles. The summed E-state index contributed by atoms with van der Waals surface area (Å²) in [6.45, 7) is 4.38. The summed E-state index contributed by atoms with van der Waals surface area (Å²) in [5.74, 6) is 0. The summed E-state index contributed by atoms with van der Waals surface area (Å²) in [7, 11) is 2.49. The van der Waals surface area contributed by atoms with Crippen LogP contribution in [0.25, 0.3) is 0 Å². The first-order valence-corrected chi connectivity index (χ1v) is 9.15. The zero-order valence-corrected chi connectivity index (χ0v) is 14.1. The maximum atomic E-state index is 5.47. The van der Waals surface area contributed by atoms with Crippen LogP contribution >= 0.6 is 11.8 Å². The Labute approximate surface area is 121 Å². The molecule has 6 heteroatoms. The molecule has 0 N–H and O–H groups in total. The molecule has 0 aromatic carbocycles. The highest BCUT2D eigenvalue weighted by atomic mass is 32.2. The summed E-state index contributed by atoms with van der Waals surface area (Å²) in [4.78, 5) is 4.04. The van der Waals surface area contributed by atoms with Crippen LogP contribution in [0.3, 0.4) is 0 Å². The van der Waals surface area contributed by atoms with Crippen LogP contribution < -0.4 is 0 Å². The van der Waals surface area contributed by atoms with Crippen LogP contribution in [0.15, 0.2) is 24.5 Å². The van der Waals surface area contributed by atoms with Gasteiger partial charge in [0, 0.05) is 50.3 Å². The van der Waals surface area contributed by atoms with Gasteiger partial charge in [-0.3, -0.25) is 4.98 Å². The Kier molecular flexibility index (Phi) is 7.02. The Bertz CT molecular complexity index is 354. The Balaban J connectivity index is 2.57. The standard InChI is InChI=1S/C13H23NO3SSi/c1-11(10-19(15-3,16-4)17-5)18-12(2)13-6-8-14-9-7-13/h6-9,11-12H,10H2,1-5H3. The quantitative estimate of drug-likeness (QED) is 0.690. The Morgan fingerprint density at radius 2 is 1.63 bits per heavy atom. The van der Waals surface area contributed by atoms with Crippen LogP contribution in [0, 0.1) is 0 Å². The molecule has 0 amide bonds. The maximum absolute atomic E-state index is 5.47. The molecule has 1 heterocycles. The van der Waals surface area contributed by atoms with Crippen molar-refractivity contribution in [3.63, 3.8) is 0 Å². The highest BCUT2D eigenvalue weighted by Gasteiger charge is 2.39. The van der Waals surface area contributed by atoms with E-state index in [1.54, 1.807) is 21.3 Å². The molecule has 0 bridgehead atoms. The van der Waals surface area contributed by atoms with E-state index in [0.717, 1.165) is 6.04 Å². The molecule has 0 aliphatic rings. The summed E-state index contributed by atoms with van der Waals surface area (Å²) < 4.78 is 16.4. The van der Waals surface area contributed by atoms with Gasteiger partial charge in [-0.1, -0.05) is 6.92 Å². The van der Waals surface area contributed by atoms with E-state index in [1.165, 1.54) is 5.56 Å². The number of nitrogens with zero attached hydrogens (tertiary/aromatic N) is 1. The van der Waals surface area contributed by atoms with E-state index in [1.807, 2.05) is 24.2 Å². The third-order valence-corrected chi connectivity index (χ3v) is 7.67. The summed E-state index contributed by atoms with van der Waals surface area (Å²) in [6, 6.07) is 4.91. The van der Waals surface area contributed by atoms with Crippen molar-refractivity contribution >= 4 is 20.6 Å². The van der Waals surface area contributed by atoms with Gasteiger partial charge in [-0.15, -0.1) is 0 Å². The molecule has 0 aliphatic heterocycles. The summed E-state index contributed by atoms with van der Waals surface area (Å²) >= 11 is 1.89. The summed E-state index contributed by atoms with van der Waals surface area (Å²) in [6.07, 6.45) is 3.66. The molecule has 0 saturated carbocycles. The van der Waals surface area contributed by atoms with Gasteiger partial charge in [-0.05, 0) is 24.6 Å². The van der Waals surface area contributed by atoms with Gasteiger partial charge >= 0.3 is 8.80 Å². The van der Waals surface area contributed by atoms with E-state index in [2.05, 4.69) is 31.0 Å². The lowest BCUT2D eigenvalue weighted by Crippen LogP contribution is -2.44. The van der Waals surface area contributed by atoms with Crippen molar-refractivity contribution in [2.24, 2.45) is 0 Å². The molecule has 19 heavy (non-hydrogen) atoms. The van der Waals surface area contributed by atoms with Crippen molar-refractivity contribution in [1.29, 1.82) is 0 Å². The molecule has 0 saturated heterocycles. The minimum atomic E-state index is -2.48. The van der Waals surface area contributed by atoms with E-state index in [9.17, 15) is 0 Å². The van der Waals surface area contributed by atoms with Crippen molar-refractivity contribution in [3.8, 4) is 0 Å². The third-order valence-electron chi connectivity index (χ3n) is 3.08. The lowest BCUT2D eigenvalue weighted by Gasteiger charge is -2.28. The normalized spacial score (nSPS) is 15.2. The maximum Gasteiger partial charge on any atom is 0.501 e. The fourth-order valence-corrected chi connectivity index (χ4v) is 5.67. The fraction of sp³-hybridized carbons (Fsp3) is 0.615. The smallest absolute Gasteiger partial charge is 0.377 e. The molecule has 0 spiro atoms. The molecule has 2 unspecified atom stereocenters. The fourth-order valence-electron chi connectivity index (χ4n) is 1.96. The SMILES string of the molecule is CO[Si](CC(C)SC(C)c1ccncc1)(OC)OC. The van der Waals surface area contributed by atoms with Crippen LogP contribution in [-0.2, 0) is 13.3 Å². The molecule has 0 aliphatic carbocycles. The third kappa shape index (κ3) is 4.89. The van der Waals surface area contributed by atoms with E-state index >= 15 is 0 Å². The molecular formula is C13H23NO3SSi. The van der Waals surface area contributed by atoms with Crippen LogP contribution in [0.2, 0.25) is 6.04 Å². The van der Waals surface area contributed by atoms with Gasteiger partial charge in [-0.2, -0.15) is 11.8 Å². The molecule has 4 nitrogen and oxygen atoms in total. The topological polar surface area (TPSA) is 40.6 Å². The van der Waals surface area contributed by atoms with Crippen molar-refractivity contribution < 1.29 is 13.3 Å². The minimum absolute atomic E-state index is 0.398. The van der Waals surface area contributed by atoms with Gasteiger partial charge in [0.25, 0.3) is 0 Å². The second-order valence-corrected chi connectivity index (χ2v) is 9.15. The first kappa shape index (κ1) is 16.7. The average molecular weight is 301 g/mol. The molecule has 108 valence electrons. The van der Waals surface area contributed by atoms with E-state index in [4.69, 9.17) is 13.3 Å². The van der Waals surface area contributed by atoms with Gasteiger partial charge in [0.15, 0.2) is 0 Å². The van der Waals surface area contributed by atoms with Crippen LogP contribution in [-0.4, -0.2) is 40.4 Å². The number of aromatic nitrogens is 1. The van der Waals surface area contributed by atoms with E-state index < -0.39 is 8.80 Å². The van der Waals surface area contributed by atoms with Crippen molar-refractivity contribution in [2.75, 3.05) is 21.3 Å². The predicted octanol–water partition coefficient (Wildman–Crippen LogP) is 3.14. The molecule has 0 radical (unpaired) electrons. The lowest BCUT2D eigenvalue weighted by atomic mass is 10.2. The monoisotopic (exact) mass is 301 g/mol. The summed E-state index contributed by atoms with van der Waals surface area (Å²) in [5, 5.41) is 0.810. The molecular weight excluding hydrogens is 278 g/mol. The summed E-state index contributed by atoms with van der Waals surface area (Å²) in [5.41, 5.74) is 1.28. The van der Waals surface area contributed by atoms with Gasteiger partial charge < -0.3 is 13.3 Å².